The van der Waals surface area contributed by atoms with Crippen LogP contribution in [0.3, 0.4) is 0 Å². The number of halogens is 2. The molecule has 0 radical (unpaired) electrons. The average molecular weight is 278 g/mol. The van der Waals surface area contributed by atoms with E-state index in [4.69, 9.17) is 0 Å². The molecular formula is C14H12F2N2O2. The van der Waals surface area contributed by atoms with Crippen molar-refractivity contribution in [3.63, 3.8) is 0 Å². The number of hydrogen-bond donors (Lipinski definition) is 1. The van der Waals surface area contributed by atoms with Crippen LogP contribution in [0.5, 0.6) is 0 Å². The molecule has 0 aliphatic carbocycles. The second-order valence-electron chi connectivity index (χ2n) is 4.34. The van der Waals surface area contributed by atoms with Crippen molar-refractivity contribution in [3.8, 4) is 0 Å². The number of rotatable bonds is 4. The van der Waals surface area contributed by atoms with Gasteiger partial charge in [0.1, 0.15) is 11.6 Å². The first-order valence-corrected chi connectivity index (χ1v) is 5.93. The van der Waals surface area contributed by atoms with Crippen LogP contribution in [0.25, 0.3) is 0 Å². The predicted molar refractivity (Wildman–Crippen MR) is 71.5 cm³/mol. The lowest BCUT2D eigenvalue weighted by atomic mass is 10.1. The summed E-state index contributed by atoms with van der Waals surface area (Å²) < 4.78 is 26.7. The molecule has 0 bridgehead atoms. The zero-order chi connectivity index (χ0) is 14.7. The van der Waals surface area contributed by atoms with Crippen LogP contribution in [0.4, 0.5) is 20.2 Å². The van der Waals surface area contributed by atoms with E-state index < -0.39 is 22.6 Å². The topological polar surface area (TPSA) is 55.2 Å². The lowest BCUT2D eigenvalue weighted by Crippen LogP contribution is -2.09. The van der Waals surface area contributed by atoms with E-state index in [9.17, 15) is 18.9 Å². The van der Waals surface area contributed by atoms with Gasteiger partial charge >= 0.3 is 0 Å². The molecule has 1 N–H and O–H groups in total. The Morgan fingerprint density at radius 2 is 1.80 bits per heavy atom. The van der Waals surface area contributed by atoms with E-state index in [1.807, 2.05) is 0 Å². The van der Waals surface area contributed by atoms with Crippen molar-refractivity contribution < 1.29 is 13.7 Å². The van der Waals surface area contributed by atoms with E-state index in [-0.39, 0.29) is 11.3 Å². The van der Waals surface area contributed by atoms with E-state index in [0.717, 1.165) is 18.2 Å². The van der Waals surface area contributed by atoms with Gasteiger partial charge in [-0.25, -0.2) is 8.78 Å². The molecule has 0 saturated carbocycles. The van der Waals surface area contributed by atoms with Gasteiger partial charge < -0.3 is 5.32 Å². The molecule has 0 amide bonds. The molecule has 2 aromatic rings. The van der Waals surface area contributed by atoms with Gasteiger partial charge in [-0.15, -0.1) is 0 Å². The SMILES string of the molecule is CC(Nc1ccc([N+](=O)[O-])cc1)c1cc(F)ccc1F. The fraction of sp³-hybridized carbons (Fsp3) is 0.143. The second kappa shape index (κ2) is 5.64. The van der Waals surface area contributed by atoms with Crippen LogP contribution < -0.4 is 5.32 Å². The number of anilines is 1. The number of hydrogen-bond acceptors (Lipinski definition) is 3. The molecule has 0 heterocycles. The van der Waals surface area contributed by atoms with Gasteiger partial charge in [-0.3, -0.25) is 10.1 Å². The van der Waals surface area contributed by atoms with Gasteiger partial charge in [0.25, 0.3) is 5.69 Å². The summed E-state index contributed by atoms with van der Waals surface area (Å²) >= 11 is 0. The summed E-state index contributed by atoms with van der Waals surface area (Å²) in [6, 6.07) is 8.51. The van der Waals surface area contributed by atoms with Crippen LogP contribution in [0, 0.1) is 21.7 Å². The maximum atomic E-state index is 13.6. The maximum Gasteiger partial charge on any atom is 0.269 e. The Kier molecular flexibility index (Phi) is 3.93. The van der Waals surface area contributed by atoms with Crippen LogP contribution in [0.1, 0.15) is 18.5 Å². The maximum absolute atomic E-state index is 13.6. The summed E-state index contributed by atoms with van der Waals surface area (Å²) in [6.45, 7) is 1.68. The molecule has 0 aliphatic rings. The number of nitro groups is 1. The van der Waals surface area contributed by atoms with Crippen LogP contribution in [-0.4, -0.2) is 4.92 Å². The molecule has 104 valence electrons. The molecule has 20 heavy (non-hydrogen) atoms. The van der Waals surface area contributed by atoms with Gasteiger partial charge in [-0.2, -0.15) is 0 Å². The van der Waals surface area contributed by atoms with Crippen molar-refractivity contribution in [2.45, 2.75) is 13.0 Å². The van der Waals surface area contributed by atoms with Crippen molar-refractivity contribution in [1.29, 1.82) is 0 Å². The fourth-order valence-electron chi connectivity index (χ4n) is 1.85. The van der Waals surface area contributed by atoms with Crippen LogP contribution in [0.2, 0.25) is 0 Å². The molecule has 0 spiro atoms. The van der Waals surface area contributed by atoms with Crippen molar-refractivity contribution >= 4 is 11.4 Å². The van der Waals surface area contributed by atoms with Gasteiger partial charge in [0.2, 0.25) is 0 Å². The third-order valence-corrected chi connectivity index (χ3v) is 2.89. The summed E-state index contributed by atoms with van der Waals surface area (Å²) in [5.41, 5.74) is 0.759. The Bertz CT molecular complexity index is 630. The first-order valence-electron chi connectivity index (χ1n) is 5.93. The zero-order valence-electron chi connectivity index (χ0n) is 10.6. The highest BCUT2D eigenvalue weighted by Crippen LogP contribution is 2.23. The Balaban J connectivity index is 2.16. The molecule has 2 aromatic carbocycles. The normalized spacial score (nSPS) is 11.9. The summed E-state index contributed by atoms with van der Waals surface area (Å²) in [4.78, 5) is 10.0. The van der Waals surface area contributed by atoms with E-state index >= 15 is 0 Å². The van der Waals surface area contributed by atoms with E-state index in [1.54, 1.807) is 6.92 Å². The third-order valence-electron chi connectivity index (χ3n) is 2.89. The van der Waals surface area contributed by atoms with Crippen LogP contribution >= 0.6 is 0 Å². The highest BCUT2D eigenvalue weighted by Gasteiger charge is 2.12. The molecule has 0 aliphatic heterocycles. The number of nitrogens with zero attached hydrogens (tertiary/aromatic N) is 1. The van der Waals surface area contributed by atoms with E-state index in [0.29, 0.717) is 5.69 Å². The zero-order valence-corrected chi connectivity index (χ0v) is 10.6. The molecule has 1 unspecified atom stereocenters. The summed E-state index contributed by atoms with van der Waals surface area (Å²) in [5.74, 6) is -1.02. The van der Waals surface area contributed by atoms with Crippen LogP contribution in [-0.2, 0) is 0 Å². The molecule has 0 aromatic heterocycles. The summed E-state index contributed by atoms with van der Waals surface area (Å²) in [7, 11) is 0. The molecular weight excluding hydrogens is 266 g/mol. The molecule has 6 heteroatoms. The lowest BCUT2D eigenvalue weighted by Gasteiger charge is -2.16. The largest absolute Gasteiger partial charge is 0.378 e. The van der Waals surface area contributed by atoms with E-state index in [2.05, 4.69) is 5.32 Å². The third kappa shape index (κ3) is 3.09. The molecule has 1 atom stereocenters. The van der Waals surface area contributed by atoms with Gasteiger partial charge in [0.05, 0.1) is 11.0 Å². The van der Waals surface area contributed by atoms with Crippen molar-refractivity contribution in [2.24, 2.45) is 0 Å². The minimum absolute atomic E-state index is 0.0276. The van der Waals surface area contributed by atoms with Gasteiger partial charge in [-0.1, -0.05) is 0 Å². The average Bonchev–Trinajstić information content (AvgIpc) is 2.42. The van der Waals surface area contributed by atoms with Crippen molar-refractivity contribution in [1.82, 2.24) is 0 Å². The predicted octanol–water partition coefficient (Wildman–Crippen LogP) is 4.05. The Morgan fingerprint density at radius 1 is 1.15 bits per heavy atom. The van der Waals surface area contributed by atoms with E-state index in [1.165, 1.54) is 24.3 Å². The van der Waals surface area contributed by atoms with Crippen LogP contribution in [0.15, 0.2) is 42.5 Å². The minimum Gasteiger partial charge on any atom is -0.378 e. The van der Waals surface area contributed by atoms with Gasteiger partial charge in [0.15, 0.2) is 0 Å². The fourth-order valence-corrected chi connectivity index (χ4v) is 1.85. The summed E-state index contributed by atoms with van der Waals surface area (Å²) in [6.07, 6.45) is 0. The van der Waals surface area contributed by atoms with Crippen molar-refractivity contribution in [2.75, 3.05) is 5.32 Å². The lowest BCUT2D eigenvalue weighted by molar-refractivity contribution is -0.384. The Labute approximate surface area is 114 Å². The first-order chi connectivity index (χ1) is 9.47. The number of benzene rings is 2. The smallest absolute Gasteiger partial charge is 0.269 e. The summed E-state index contributed by atoms with van der Waals surface area (Å²) in [5, 5.41) is 13.5. The highest BCUT2D eigenvalue weighted by atomic mass is 19.1. The van der Waals surface area contributed by atoms with Gasteiger partial charge in [-0.05, 0) is 37.3 Å². The second-order valence-corrected chi connectivity index (χ2v) is 4.34. The highest BCUT2D eigenvalue weighted by molar-refractivity contribution is 5.50. The van der Waals surface area contributed by atoms with Crippen molar-refractivity contribution in [3.05, 3.63) is 69.8 Å². The monoisotopic (exact) mass is 278 g/mol. The Hall–Kier alpha value is -2.50. The number of nitro benzene ring substituents is 1. The number of nitrogens with one attached hydrogen (secondary N) is 1. The molecule has 2 rings (SSSR count). The Morgan fingerprint density at radius 3 is 2.40 bits per heavy atom. The quantitative estimate of drug-likeness (QED) is 0.678. The van der Waals surface area contributed by atoms with Gasteiger partial charge in [0, 0.05) is 23.4 Å². The first kappa shape index (κ1) is 13.9. The molecule has 0 saturated heterocycles. The molecule has 4 nitrogen and oxygen atoms in total. The standard InChI is InChI=1S/C14H12F2N2O2/c1-9(13-8-10(15)2-7-14(13)16)17-11-3-5-12(6-4-11)18(19)20/h2-9,17H,1H3. The molecule has 0 fully saturated rings. The number of non-ortho nitro benzene ring substituents is 1. The minimum atomic E-state index is -0.515.